The SMILES string of the molecule is [C-]#[N+]c1ccc(CNC(=O)[C@@H](CC(C)C)N2CCC(CCc3ccccc3)N3C[C@H](N)C[C@H]3C2=O)cc1. The highest BCUT2D eigenvalue weighted by Crippen LogP contribution is 2.30. The lowest BCUT2D eigenvalue weighted by Crippen LogP contribution is -2.53. The maximum absolute atomic E-state index is 13.9. The molecule has 2 heterocycles. The van der Waals surface area contributed by atoms with Gasteiger partial charge in [0, 0.05) is 31.7 Å². The van der Waals surface area contributed by atoms with Gasteiger partial charge in [0.15, 0.2) is 5.69 Å². The van der Waals surface area contributed by atoms with Crippen molar-refractivity contribution in [2.45, 2.75) is 76.7 Å². The molecule has 0 spiro atoms. The Kier molecular flexibility index (Phi) is 8.96. The van der Waals surface area contributed by atoms with Crippen molar-refractivity contribution in [1.29, 1.82) is 0 Å². The smallest absolute Gasteiger partial charge is 0.243 e. The van der Waals surface area contributed by atoms with E-state index in [1.165, 1.54) is 5.56 Å². The molecule has 4 rings (SSSR count). The van der Waals surface area contributed by atoms with Gasteiger partial charge in [0.05, 0.1) is 12.6 Å². The predicted octanol–water partition coefficient (Wildman–Crippen LogP) is 3.90. The normalized spacial score (nSPS) is 22.8. The summed E-state index contributed by atoms with van der Waals surface area (Å²) in [5.41, 5.74) is 9.17. The summed E-state index contributed by atoms with van der Waals surface area (Å²) in [6.45, 7) is 13.0. The summed E-state index contributed by atoms with van der Waals surface area (Å²) in [4.78, 5) is 35.0. The van der Waals surface area contributed by atoms with Crippen LogP contribution in [-0.4, -0.2) is 58.9 Å². The lowest BCUT2D eigenvalue weighted by molar-refractivity contribution is -0.143. The van der Waals surface area contributed by atoms with Crippen molar-refractivity contribution in [2.75, 3.05) is 13.1 Å². The van der Waals surface area contributed by atoms with Crippen LogP contribution in [0.25, 0.3) is 4.85 Å². The first kappa shape index (κ1) is 26.8. The fraction of sp³-hybridized carbons (Fsp3) is 0.500. The van der Waals surface area contributed by atoms with Gasteiger partial charge in [-0.15, -0.1) is 0 Å². The van der Waals surface area contributed by atoms with Crippen molar-refractivity contribution in [2.24, 2.45) is 11.7 Å². The van der Waals surface area contributed by atoms with Gasteiger partial charge in [-0.05, 0) is 49.1 Å². The van der Waals surface area contributed by atoms with Crippen molar-refractivity contribution < 1.29 is 9.59 Å². The zero-order valence-electron chi connectivity index (χ0n) is 22.0. The Balaban J connectivity index is 1.49. The van der Waals surface area contributed by atoms with E-state index in [0.29, 0.717) is 31.6 Å². The summed E-state index contributed by atoms with van der Waals surface area (Å²) < 4.78 is 0. The maximum Gasteiger partial charge on any atom is 0.243 e. The molecule has 1 unspecified atom stereocenters. The van der Waals surface area contributed by atoms with E-state index in [1.807, 2.05) is 23.1 Å². The fourth-order valence-corrected chi connectivity index (χ4v) is 5.71. The summed E-state index contributed by atoms with van der Waals surface area (Å²) in [5.74, 6) is 0.186. The second kappa shape index (κ2) is 12.4. The second-order valence-electron chi connectivity index (χ2n) is 10.8. The molecule has 2 amide bonds. The standard InChI is InChI=1S/C30H39N5O2/c1-21(2)17-27(29(36)33-19-23-9-12-25(32-3)13-10-23)34-16-15-26(14-11-22-7-5-4-6-8-22)35-20-24(31)18-28(35)30(34)37/h4-10,12-13,21,24,26-28H,11,14-20,31H2,1-2H3,(H,33,36)/t24-,26?,27-,28+/m1/s1. The summed E-state index contributed by atoms with van der Waals surface area (Å²) in [5, 5.41) is 3.06. The van der Waals surface area contributed by atoms with Crippen molar-refractivity contribution in [3.05, 3.63) is 77.1 Å². The molecule has 37 heavy (non-hydrogen) atoms. The topological polar surface area (TPSA) is 83.0 Å². The largest absolute Gasteiger partial charge is 0.350 e. The van der Waals surface area contributed by atoms with E-state index >= 15 is 0 Å². The fourth-order valence-electron chi connectivity index (χ4n) is 5.71. The minimum atomic E-state index is -0.512. The lowest BCUT2D eigenvalue weighted by atomic mass is 9.99. The average molecular weight is 502 g/mol. The Labute approximate surface area is 220 Å². The number of hydrogen-bond acceptors (Lipinski definition) is 4. The number of fused-ring (bicyclic) bond motifs is 1. The number of hydrogen-bond donors (Lipinski definition) is 2. The number of nitrogens with one attached hydrogen (secondary N) is 1. The molecule has 0 radical (unpaired) electrons. The quantitative estimate of drug-likeness (QED) is 0.511. The first-order chi connectivity index (χ1) is 17.9. The van der Waals surface area contributed by atoms with Crippen LogP contribution in [-0.2, 0) is 22.6 Å². The highest BCUT2D eigenvalue weighted by molar-refractivity contribution is 5.90. The molecule has 2 aromatic carbocycles. The van der Waals surface area contributed by atoms with Crippen LogP contribution in [0, 0.1) is 12.5 Å². The first-order valence-corrected chi connectivity index (χ1v) is 13.5. The number of nitrogens with two attached hydrogens (primary N) is 1. The van der Waals surface area contributed by atoms with Gasteiger partial charge in [0.1, 0.15) is 6.04 Å². The number of aryl methyl sites for hydroxylation is 1. The van der Waals surface area contributed by atoms with Crippen molar-refractivity contribution in [1.82, 2.24) is 15.1 Å². The molecule has 4 atom stereocenters. The van der Waals surface area contributed by atoms with Crippen LogP contribution in [0.4, 0.5) is 5.69 Å². The molecule has 0 aromatic heterocycles. The Hall–Kier alpha value is -3.21. The van der Waals surface area contributed by atoms with Crippen LogP contribution in [0.15, 0.2) is 54.6 Å². The van der Waals surface area contributed by atoms with Crippen LogP contribution in [0.1, 0.15) is 50.7 Å². The molecule has 7 nitrogen and oxygen atoms in total. The minimum Gasteiger partial charge on any atom is -0.350 e. The molecule has 7 heteroatoms. The monoisotopic (exact) mass is 501 g/mol. The van der Waals surface area contributed by atoms with Gasteiger partial charge in [-0.1, -0.05) is 68.4 Å². The number of amides is 2. The van der Waals surface area contributed by atoms with E-state index in [4.69, 9.17) is 12.3 Å². The third kappa shape index (κ3) is 6.76. The van der Waals surface area contributed by atoms with Crippen molar-refractivity contribution in [3.8, 4) is 0 Å². The number of rotatable bonds is 9. The van der Waals surface area contributed by atoms with Crippen LogP contribution in [0.5, 0.6) is 0 Å². The number of carbonyl (C=O) groups excluding carboxylic acids is 2. The summed E-state index contributed by atoms with van der Waals surface area (Å²) in [6.07, 6.45) is 4.01. The van der Waals surface area contributed by atoms with Crippen LogP contribution in [0.3, 0.4) is 0 Å². The Bertz CT molecular complexity index is 1100. The molecule has 0 saturated carbocycles. The van der Waals surface area contributed by atoms with E-state index in [-0.39, 0.29) is 35.9 Å². The predicted molar refractivity (Wildman–Crippen MR) is 146 cm³/mol. The molecular weight excluding hydrogens is 462 g/mol. The first-order valence-electron chi connectivity index (χ1n) is 13.5. The molecule has 3 N–H and O–H groups in total. The molecule has 2 aliphatic heterocycles. The molecule has 0 aliphatic carbocycles. The second-order valence-corrected chi connectivity index (χ2v) is 10.8. The van der Waals surface area contributed by atoms with Gasteiger partial charge < -0.3 is 16.0 Å². The molecule has 2 aliphatic rings. The van der Waals surface area contributed by atoms with E-state index < -0.39 is 6.04 Å². The summed E-state index contributed by atoms with van der Waals surface area (Å²) >= 11 is 0. The van der Waals surface area contributed by atoms with Gasteiger partial charge in [-0.2, -0.15) is 0 Å². The zero-order valence-corrected chi connectivity index (χ0v) is 22.0. The lowest BCUT2D eigenvalue weighted by Gasteiger charge is -2.33. The molecule has 2 fully saturated rings. The zero-order chi connectivity index (χ0) is 26.4. The van der Waals surface area contributed by atoms with E-state index in [9.17, 15) is 9.59 Å². The average Bonchev–Trinajstić information content (AvgIpc) is 3.24. The highest BCUT2D eigenvalue weighted by atomic mass is 16.2. The van der Waals surface area contributed by atoms with Crippen molar-refractivity contribution >= 4 is 17.5 Å². The molecule has 2 saturated heterocycles. The third-order valence-corrected chi connectivity index (χ3v) is 7.63. The molecule has 2 aromatic rings. The summed E-state index contributed by atoms with van der Waals surface area (Å²) in [6, 6.07) is 17.2. The van der Waals surface area contributed by atoms with Gasteiger partial charge in [0.2, 0.25) is 11.8 Å². The minimum absolute atomic E-state index is 0.0241. The molecular formula is C30H39N5O2. The highest BCUT2D eigenvalue weighted by Gasteiger charge is 2.45. The van der Waals surface area contributed by atoms with E-state index in [0.717, 1.165) is 31.4 Å². The van der Waals surface area contributed by atoms with Gasteiger partial charge in [-0.25, -0.2) is 4.85 Å². The number of nitrogens with zero attached hydrogens (tertiary/aromatic N) is 3. The van der Waals surface area contributed by atoms with E-state index in [2.05, 4.69) is 53.2 Å². The number of benzene rings is 2. The molecule has 0 bridgehead atoms. The third-order valence-electron chi connectivity index (χ3n) is 7.63. The van der Waals surface area contributed by atoms with Crippen LogP contribution >= 0.6 is 0 Å². The molecule has 196 valence electrons. The summed E-state index contributed by atoms with van der Waals surface area (Å²) in [7, 11) is 0. The Morgan fingerprint density at radius 2 is 1.86 bits per heavy atom. The number of carbonyl (C=O) groups is 2. The van der Waals surface area contributed by atoms with Gasteiger partial charge >= 0.3 is 0 Å². The van der Waals surface area contributed by atoms with Gasteiger partial charge in [-0.3, -0.25) is 14.5 Å². The maximum atomic E-state index is 13.9. The Morgan fingerprint density at radius 3 is 2.54 bits per heavy atom. The van der Waals surface area contributed by atoms with Gasteiger partial charge in [0.25, 0.3) is 0 Å². The van der Waals surface area contributed by atoms with Crippen molar-refractivity contribution in [3.63, 3.8) is 0 Å². The van der Waals surface area contributed by atoms with Crippen LogP contribution in [0.2, 0.25) is 0 Å². The Morgan fingerprint density at radius 1 is 1.14 bits per heavy atom. The van der Waals surface area contributed by atoms with E-state index in [1.54, 1.807) is 12.1 Å². The van der Waals surface area contributed by atoms with Crippen LogP contribution < -0.4 is 11.1 Å².